The summed E-state index contributed by atoms with van der Waals surface area (Å²) in [5.41, 5.74) is 1.59. The van der Waals surface area contributed by atoms with Crippen molar-refractivity contribution in [3.63, 3.8) is 0 Å². The van der Waals surface area contributed by atoms with Gasteiger partial charge >= 0.3 is 0 Å². The van der Waals surface area contributed by atoms with E-state index in [1.165, 1.54) is 25.7 Å². The van der Waals surface area contributed by atoms with Crippen molar-refractivity contribution >= 4 is 5.69 Å². The number of nitro groups is 1. The van der Waals surface area contributed by atoms with Crippen LogP contribution in [0.25, 0.3) is 0 Å². The summed E-state index contributed by atoms with van der Waals surface area (Å²) in [4.78, 5) is 10.5. The van der Waals surface area contributed by atoms with E-state index in [0.29, 0.717) is 5.41 Å². The molecule has 110 valence electrons. The average Bonchev–Trinajstić information content (AvgIpc) is 2.87. The third kappa shape index (κ3) is 3.57. The Morgan fingerprint density at radius 2 is 2.10 bits per heavy atom. The van der Waals surface area contributed by atoms with E-state index in [1.807, 2.05) is 6.07 Å². The molecule has 1 aliphatic carbocycles. The Kier molecular flexibility index (Phi) is 4.76. The number of hydrogen-bond acceptors (Lipinski definition) is 3. The van der Waals surface area contributed by atoms with Crippen molar-refractivity contribution in [2.75, 3.05) is 6.54 Å². The van der Waals surface area contributed by atoms with E-state index in [4.69, 9.17) is 0 Å². The molecule has 1 aromatic rings. The first-order valence-electron chi connectivity index (χ1n) is 7.52. The first-order chi connectivity index (χ1) is 9.54. The minimum atomic E-state index is -0.325. The van der Waals surface area contributed by atoms with Gasteiger partial charge in [-0.25, -0.2) is 0 Å². The van der Waals surface area contributed by atoms with Crippen LogP contribution in [-0.2, 0) is 0 Å². The Hall–Kier alpha value is -1.42. The molecule has 1 aromatic carbocycles. The molecular formula is C16H24N2O2. The lowest BCUT2D eigenvalue weighted by Gasteiger charge is -2.27. The van der Waals surface area contributed by atoms with Crippen LogP contribution < -0.4 is 5.32 Å². The summed E-state index contributed by atoms with van der Waals surface area (Å²) in [5, 5.41) is 14.5. The Balaban J connectivity index is 2.04. The highest BCUT2D eigenvalue weighted by Gasteiger charge is 2.29. The second-order valence-corrected chi connectivity index (χ2v) is 6.21. The summed E-state index contributed by atoms with van der Waals surface area (Å²) < 4.78 is 0. The van der Waals surface area contributed by atoms with Gasteiger partial charge in [-0.3, -0.25) is 10.1 Å². The molecule has 20 heavy (non-hydrogen) atoms. The Morgan fingerprint density at radius 1 is 1.40 bits per heavy atom. The maximum atomic E-state index is 10.9. The van der Waals surface area contributed by atoms with Gasteiger partial charge in [0.05, 0.1) is 4.92 Å². The number of non-ortho nitro benzene ring substituents is 1. The summed E-state index contributed by atoms with van der Waals surface area (Å²) in [6.45, 7) is 5.45. The number of nitro benzene ring substituents is 1. The van der Waals surface area contributed by atoms with E-state index >= 15 is 0 Å². The Labute approximate surface area is 120 Å². The van der Waals surface area contributed by atoms with Crippen LogP contribution in [0.4, 0.5) is 5.69 Å². The maximum absolute atomic E-state index is 10.9. The van der Waals surface area contributed by atoms with Gasteiger partial charge in [0.1, 0.15) is 0 Å². The van der Waals surface area contributed by atoms with Gasteiger partial charge in [-0.05, 0) is 30.2 Å². The highest BCUT2D eigenvalue weighted by Crippen LogP contribution is 2.37. The standard InChI is InChI=1S/C16H24N2O2/c1-3-15(17-12-16(2)9-4-5-10-16)13-7-6-8-14(11-13)18(19)20/h6-8,11,15,17H,3-5,9-10,12H2,1-2H3. The van der Waals surface area contributed by atoms with Crippen LogP contribution in [0.15, 0.2) is 24.3 Å². The molecule has 0 aliphatic heterocycles. The monoisotopic (exact) mass is 276 g/mol. The van der Waals surface area contributed by atoms with E-state index in [-0.39, 0.29) is 16.7 Å². The summed E-state index contributed by atoms with van der Waals surface area (Å²) in [5.74, 6) is 0. The third-order valence-electron chi connectivity index (χ3n) is 4.48. The molecule has 1 aliphatic rings. The zero-order valence-electron chi connectivity index (χ0n) is 12.4. The topological polar surface area (TPSA) is 55.2 Å². The third-order valence-corrected chi connectivity index (χ3v) is 4.48. The maximum Gasteiger partial charge on any atom is 0.269 e. The molecular weight excluding hydrogens is 252 g/mol. The predicted molar refractivity (Wildman–Crippen MR) is 80.7 cm³/mol. The van der Waals surface area contributed by atoms with Crippen molar-refractivity contribution in [3.8, 4) is 0 Å². The molecule has 0 saturated heterocycles. The van der Waals surface area contributed by atoms with Crippen molar-refractivity contribution in [1.82, 2.24) is 5.32 Å². The van der Waals surface area contributed by atoms with Crippen molar-refractivity contribution in [1.29, 1.82) is 0 Å². The van der Waals surface area contributed by atoms with E-state index in [1.54, 1.807) is 18.2 Å². The van der Waals surface area contributed by atoms with Crippen molar-refractivity contribution < 1.29 is 4.92 Å². The highest BCUT2D eigenvalue weighted by molar-refractivity contribution is 5.35. The molecule has 1 atom stereocenters. The van der Waals surface area contributed by atoms with Crippen LogP contribution in [0.5, 0.6) is 0 Å². The van der Waals surface area contributed by atoms with Gasteiger partial charge in [0.15, 0.2) is 0 Å². The SMILES string of the molecule is CCC(NCC1(C)CCCC1)c1cccc([N+](=O)[O-])c1. The molecule has 0 amide bonds. The zero-order valence-corrected chi connectivity index (χ0v) is 12.4. The molecule has 0 radical (unpaired) electrons. The smallest absolute Gasteiger partial charge is 0.269 e. The summed E-state index contributed by atoms with van der Waals surface area (Å²) in [6, 6.07) is 7.19. The second kappa shape index (κ2) is 6.35. The number of nitrogens with one attached hydrogen (secondary N) is 1. The van der Waals surface area contributed by atoms with Gasteiger partial charge in [0, 0.05) is 24.7 Å². The Bertz CT molecular complexity index is 467. The number of rotatable bonds is 6. The molecule has 4 heteroatoms. The minimum Gasteiger partial charge on any atom is -0.309 e. The summed E-state index contributed by atoms with van der Waals surface area (Å²) in [7, 11) is 0. The molecule has 1 fully saturated rings. The lowest BCUT2D eigenvalue weighted by molar-refractivity contribution is -0.384. The first kappa shape index (κ1) is 15.0. The lowest BCUT2D eigenvalue weighted by atomic mass is 9.88. The molecule has 0 heterocycles. The van der Waals surface area contributed by atoms with Crippen LogP contribution in [-0.4, -0.2) is 11.5 Å². The van der Waals surface area contributed by atoms with Crippen LogP contribution in [0.2, 0.25) is 0 Å². The molecule has 4 nitrogen and oxygen atoms in total. The molecule has 0 bridgehead atoms. The lowest BCUT2D eigenvalue weighted by Crippen LogP contribution is -2.32. The van der Waals surface area contributed by atoms with E-state index < -0.39 is 0 Å². The molecule has 1 saturated carbocycles. The molecule has 1 N–H and O–H groups in total. The summed E-state index contributed by atoms with van der Waals surface area (Å²) >= 11 is 0. The largest absolute Gasteiger partial charge is 0.309 e. The average molecular weight is 276 g/mol. The quantitative estimate of drug-likeness (QED) is 0.625. The van der Waals surface area contributed by atoms with Crippen LogP contribution in [0, 0.1) is 15.5 Å². The van der Waals surface area contributed by atoms with Gasteiger partial charge < -0.3 is 5.32 Å². The number of nitrogens with zero attached hydrogens (tertiary/aromatic N) is 1. The van der Waals surface area contributed by atoms with Crippen molar-refractivity contribution in [2.45, 2.75) is 52.0 Å². The van der Waals surface area contributed by atoms with Gasteiger partial charge in [0.2, 0.25) is 0 Å². The summed E-state index contributed by atoms with van der Waals surface area (Å²) in [6.07, 6.45) is 6.16. The van der Waals surface area contributed by atoms with Gasteiger partial charge in [-0.15, -0.1) is 0 Å². The van der Waals surface area contributed by atoms with Gasteiger partial charge in [-0.2, -0.15) is 0 Å². The fourth-order valence-corrected chi connectivity index (χ4v) is 3.13. The van der Waals surface area contributed by atoms with Crippen LogP contribution in [0.3, 0.4) is 0 Å². The second-order valence-electron chi connectivity index (χ2n) is 6.21. The van der Waals surface area contributed by atoms with Crippen LogP contribution in [0.1, 0.15) is 57.6 Å². The van der Waals surface area contributed by atoms with E-state index in [0.717, 1.165) is 18.5 Å². The zero-order chi connectivity index (χ0) is 14.6. The van der Waals surface area contributed by atoms with Crippen molar-refractivity contribution in [2.24, 2.45) is 5.41 Å². The first-order valence-corrected chi connectivity index (χ1v) is 7.52. The van der Waals surface area contributed by atoms with Gasteiger partial charge in [-0.1, -0.05) is 38.8 Å². The fraction of sp³-hybridized carbons (Fsp3) is 0.625. The fourth-order valence-electron chi connectivity index (χ4n) is 3.13. The predicted octanol–water partition coefficient (Wildman–Crippen LogP) is 4.22. The van der Waals surface area contributed by atoms with E-state index in [2.05, 4.69) is 19.2 Å². The van der Waals surface area contributed by atoms with Crippen LogP contribution >= 0.6 is 0 Å². The highest BCUT2D eigenvalue weighted by atomic mass is 16.6. The number of hydrogen-bond donors (Lipinski definition) is 1. The van der Waals surface area contributed by atoms with Gasteiger partial charge in [0.25, 0.3) is 5.69 Å². The molecule has 0 aromatic heterocycles. The van der Waals surface area contributed by atoms with Crippen molar-refractivity contribution in [3.05, 3.63) is 39.9 Å². The minimum absolute atomic E-state index is 0.176. The molecule has 1 unspecified atom stereocenters. The van der Waals surface area contributed by atoms with E-state index in [9.17, 15) is 10.1 Å². The number of benzene rings is 1. The normalized spacial score (nSPS) is 18.9. The molecule has 0 spiro atoms. The molecule has 2 rings (SSSR count). The Morgan fingerprint density at radius 3 is 2.70 bits per heavy atom.